The predicted molar refractivity (Wildman–Crippen MR) is 94.2 cm³/mol. The van der Waals surface area contributed by atoms with Crippen LogP contribution in [0, 0.1) is 0 Å². The largest absolute Gasteiger partial charge is 0.493 e. The van der Waals surface area contributed by atoms with Crippen molar-refractivity contribution in [3.05, 3.63) is 58.1 Å². The lowest BCUT2D eigenvalue weighted by Crippen LogP contribution is -2.11. The number of hydrogen-bond donors (Lipinski definition) is 2. The lowest BCUT2D eigenvalue weighted by Gasteiger charge is -2.13. The third-order valence-corrected chi connectivity index (χ3v) is 3.60. The molecule has 0 unspecified atom stereocenters. The maximum Gasteiger partial charge on any atom is 0.175 e. The zero-order chi connectivity index (χ0) is 16.5. The first kappa shape index (κ1) is 17.3. The van der Waals surface area contributed by atoms with Crippen molar-refractivity contribution in [1.82, 2.24) is 5.43 Å². The van der Waals surface area contributed by atoms with Gasteiger partial charge in [0.2, 0.25) is 0 Å². The fourth-order valence-corrected chi connectivity index (χ4v) is 2.49. The Labute approximate surface area is 144 Å². The molecular formula is C17H19BrN2O3. The molecule has 0 aliphatic carbocycles. The van der Waals surface area contributed by atoms with Crippen LogP contribution in [-0.4, -0.2) is 31.6 Å². The van der Waals surface area contributed by atoms with E-state index in [2.05, 4.69) is 26.5 Å². The molecule has 122 valence electrons. The molecule has 2 aromatic rings. The SMILES string of the molecule is COc1cc(/C=N/NCCO)cc(Br)c1OCc1ccccc1. The molecule has 6 heteroatoms. The first-order valence-electron chi connectivity index (χ1n) is 7.15. The number of halogens is 1. The number of aliphatic hydroxyl groups is 1. The van der Waals surface area contributed by atoms with Gasteiger partial charge >= 0.3 is 0 Å². The minimum atomic E-state index is 0.0383. The first-order valence-corrected chi connectivity index (χ1v) is 7.95. The highest BCUT2D eigenvalue weighted by Gasteiger charge is 2.11. The minimum absolute atomic E-state index is 0.0383. The Bertz CT molecular complexity index is 648. The van der Waals surface area contributed by atoms with Crippen LogP contribution >= 0.6 is 15.9 Å². The van der Waals surface area contributed by atoms with E-state index in [1.165, 1.54) is 0 Å². The van der Waals surface area contributed by atoms with Gasteiger partial charge in [-0.2, -0.15) is 5.10 Å². The number of ether oxygens (including phenoxy) is 2. The van der Waals surface area contributed by atoms with Crippen LogP contribution in [0.2, 0.25) is 0 Å². The van der Waals surface area contributed by atoms with E-state index >= 15 is 0 Å². The average molecular weight is 379 g/mol. The van der Waals surface area contributed by atoms with E-state index in [4.69, 9.17) is 14.6 Å². The summed E-state index contributed by atoms with van der Waals surface area (Å²) >= 11 is 3.51. The summed E-state index contributed by atoms with van der Waals surface area (Å²) in [5.41, 5.74) is 4.67. The number of hydrazone groups is 1. The Morgan fingerprint density at radius 1 is 1.26 bits per heavy atom. The lowest BCUT2D eigenvalue weighted by molar-refractivity contribution is 0.282. The number of methoxy groups -OCH3 is 1. The van der Waals surface area contributed by atoms with E-state index in [-0.39, 0.29) is 6.61 Å². The summed E-state index contributed by atoms with van der Waals surface area (Å²) in [6.45, 7) is 0.908. The highest BCUT2D eigenvalue weighted by atomic mass is 79.9. The van der Waals surface area contributed by atoms with Crippen molar-refractivity contribution in [2.45, 2.75) is 6.61 Å². The summed E-state index contributed by atoms with van der Waals surface area (Å²) < 4.78 is 12.1. The lowest BCUT2D eigenvalue weighted by atomic mass is 10.2. The van der Waals surface area contributed by atoms with Gasteiger partial charge in [-0.1, -0.05) is 30.3 Å². The second kappa shape index (κ2) is 9.17. The van der Waals surface area contributed by atoms with E-state index in [0.717, 1.165) is 15.6 Å². The van der Waals surface area contributed by atoms with Crippen LogP contribution in [0.3, 0.4) is 0 Å². The maximum atomic E-state index is 8.70. The number of benzene rings is 2. The summed E-state index contributed by atoms with van der Waals surface area (Å²) in [4.78, 5) is 0. The molecule has 0 saturated heterocycles. The number of nitrogens with one attached hydrogen (secondary N) is 1. The van der Waals surface area contributed by atoms with Gasteiger partial charge < -0.3 is 20.0 Å². The zero-order valence-electron chi connectivity index (χ0n) is 12.8. The van der Waals surface area contributed by atoms with Gasteiger partial charge in [-0.05, 0) is 39.2 Å². The minimum Gasteiger partial charge on any atom is -0.493 e. The van der Waals surface area contributed by atoms with Gasteiger partial charge in [0.1, 0.15) is 6.61 Å². The Balaban J connectivity index is 2.11. The molecule has 0 aliphatic rings. The van der Waals surface area contributed by atoms with Gasteiger partial charge in [-0.25, -0.2) is 0 Å². The van der Waals surface area contributed by atoms with E-state index < -0.39 is 0 Å². The number of nitrogens with zero attached hydrogens (tertiary/aromatic N) is 1. The highest BCUT2D eigenvalue weighted by molar-refractivity contribution is 9.10. The summed E-state index contributed by atoms with van der Waals surface area (Å²) in [5.74, 6) is 1.27. The van der Waals surface area contributed by atoms with Crippen LogP contribution in [0.15, 0.2) is 52.0 Å². The molecule has 2 rings (SSSR count). The van der Waals surface area contributed by atoms with Crippen molar-refractivity contribution < 1.29 is 14.6 Å². The molecule has 0 amide bonds. The Kier molecular flexibility index (Phi) is 6.90. The van der Waals surface area contributed by atoms with E-state index in [0.29, 0.717) is 24.7 Å². The van der Waals surface area contributed by atoms with Crippen molar-refractivity contribution in [3.63, 3.8) is 0 Å². The van der Waals surface area contributed by atoms with Crippen LogP contribution in [0.1, 0.15) is 11.1 Å². The van der Waals surface area contributed by atoms with Crippen molar-refractivity contribution in [1.29, 1.82) is 0 Å². The van der Waals surface area contributed by atoms with Gasteiger partial charge in [0.25, 0.3) is 0 Å². The summed E-state index contributed by atoms with van der Waals surface area (Å²) in [6.07, 6.45) is 1.66. The smallest absolute Gasteiger partial charge is 0.175 e. The van der Waals surface area contributed by atoms with Gasteiger partial charge in [-0.3, -0.25) is 0 Å². The highest BCUT2D eigenvalue weighted by Crippen LogP contribution is 2.36. The van der Waals surface area contributed by atoms with Crippen LogP contribution < -0.4 is 14.9 Å². The van der Waals surface area contributed by atoms with Crippen molar-refractivity contribution in [2.24, 2.45) is 5.10 Å². The molecule has 0 saturated carbocycles. The van der Waals surface area contributed by atoms with Crippen LogP contribution in [-0.2, 0) is 6.61 Å². The van der Waals surface area contributed by atoms with Gasteiger partial charge in [0, 0.05) is 0 Å². The monoisotopic (exact) mass is 378 g/mol. The molecule has 0 atom stereocenters. The third kappa shape index (κ3) is 5.26. The van der Waals surface area contributed by atoms with Crippen molar-refractivity contribution in [2.75, 3.05) is 20.3 Å². The number of rotatable bonds is 8. The topological polar surface area (TPSA) is 63.1 Å². The molecule has 23 heavy (non-hydrogen) atoms. The standard InChI is InChI=1S/C17H19BrN2O3/c1-22-16-10-14(11-20-19-7-8-21)9-15(18)17(16)23-12-13-5-3-2-4-6-13/h2-6,9-11,19,21H,7-8,12H2,1H3/b20-11+. The number of hydrogen-bond acceptors (Lipinski definition) is 5. The van der Waals surface area contributed by atoms with E-state index in [1.54, 1.807) is 13.3 Å². The summed E-state index contributed by atoms with van der Waals surface area (Å²) in [7, 11) is 1.60. The molecule has 2 aromatic carbocycles. The van der Waals surface area contributed by atoms with Gasteiger partial charge in [-0.15, -0.1) is 0 Å². The Morgan fingerprint density at radius 3 is 2.74 bits per heavy atom. The Morgan fingerprint density at radius 2 is 2.04 bits per heavy atom. The second-order valence-electron chi connectivity index (χ2n) is 4.70. The third-order valence-electron chi connectivity index (χ3n) is 3.01. The second-order valence-corrected chi connectivity index (χ2v) is 5.55. The van der Waals surface area contributed by atoms with E-state index in [1.807, 2.05) is 42.5 Å². The Hall–Kier alpha value is -2.05. The molecule has 0 fully saturated rings. The molecule has 0 bridgehead atoms. The molecule has 5 nitrogen and oxygen atoms in total. The molecule has 0 radical (unpaired) electrons. The van der Waals surface area contributed by atoms with Gasteiger partial charge in [0.15, 0.2) is 11.5 Å². The first-order chi connectivity index (χ1) is 11.2. The summed E-state index contributed by atoms with van der Waals surface area (Å²) in [5, 5.41) is 12.7. The zero-order valence-corrected chi connectivity index (χ0v) is 14.4. The molecule has 0 heterocycles. The average Bonchev–Trinajstić information content (AvgIpc) is 2.58. The quantitative estimate of drug-likeness (QED) is 0.421. The van der Waals surface area contributed by atoms with Crippen LogP contribution in [0.25, 0.3) is 0 Å². The maximum absolute atomic E-state index is 8.70. The molecule has 2 N–H and O–H groups in total. The van der Waals surface area contributed by atoms with Crippen molar-refractivity contribution >= 4 is 22.1 Å². The van der Waals surface area contributed by atoms with Crippen LogP contribution in [0.5, 0.6) is 11.5 Å². The van der Waals surface area contributed by atoms with Gasteiger partial charge in [0.05, 0.1) is 30.9 Å². The molecular weight excluding hydrogens is 360 g/mol. The molecule has 0 aromatic heterocycles. The number of aliphatic hydroxyl groups excluding tert-OH is 1. The summed E-state index contributed by atoms with van der Waals surface area (Å²) in [6, 6.07) is 13.7. The van der Waals surface area contributed by atoms with Crippen molar-refractivity contribution in [3.8, 4) is 11.5 Å². The normalized spacial score (nSPS) is 10.7. The molecule has 0 aliphatic heterocycles. The predicted octanol–water partition coefficient (Wildman–Crippen LogP) is 2.95. The fraction of sp³-hybridized carbons (Fsp3) is 0.235. The molecule has 0 spiro atoms. The van der Waals surface area contributed by atoms with E-state index in [9.17, 15) is 0 Å². The van der Waals surface area contributed by atoms with Crippen LogP contribution in [0.4, 0.5) is 0 Å². The fourth-order valence-electron chi connectivity index (χ4n) is 1.92.